The van der Waals surface area contributed by atoms with Crippen molar-refractivity contribution < 1.29 is 23.7 Å². The van der Waals surface area contributed by atoms with Crippen LogP contribution in [0.5, 0.6) is 11.5 Å². The van der Waals surface area contributed by atoms with Gasteiger partial charge in [-0.2, -0.15) is 0 Å². The van der Waals surface area contributed by atoms with Gasteiger partial charge in [0.15, 0.2) is 6.29 Å². The predicted octanol–water partition coefficient (Wildman–Crippen LogP) is 6.46. The minimum absolute atomic E-state index is 0.0159. The fraction of sp³-hybridized carbons (Fsp3) is 0.300. The molecule has 0 bridgehead atoms. The fourth-order valence-corrected chi connectivity index (χ4v) is 3.94. The smallest absolute Gasteiger partial charge is 0.336 e. The Morgan fingerprint density at radius 3 is 2.26 bits per heavy atom. The molecule has 35 heavy (non-hydrogen) atoms. The summed E-state index contributed by atoms with van der Waals surface area (Å²) >= 11 is 0. The van der Waals surface area contributed by atoms with Crippen molar-refractivity contribution >= 4 is 12.0 Å². The number of benzene rings is 3. The summed E-state index contributed by atoms with van der Waals surface area (Å²) in [6, 6.07) is 23.6. The van der Waals surface area contributed by atoms with E-state index in [-0.39, 0.29) is 6.29 Å². The Morgan fingerprint density at radius 1 is 0.914 bits per heavy atom. The van der Waals surface area contributed by atoms with Gasteiger partial charge in [-0.25, -0.2) is 4.79 Å². The molecule has 1 heterocycles. The molecule has 0 saturated carbocycles. The maximum Gasteiger partial charge on any atom is 0.336 e. The number of rotatable bonds is 10. The van der Waals surface area contributed by atoms with Gasteiger partial charge in [-0.15, -0.1) is 0 Å². The molecule has 1 aliphatic heterocycles. The topological polar surface area (TPSA) is 54.0 Å². The summed E-state index contributed by atoms with van der Waals surface area (Å²) < 4.78 is 22.0. The lowest BCUT2D eigenvalue weighted by atomic mass is 10.0. The average molecular weight is 473 g/mol. The molecule has 1 aliphatic rings. The Bertz CT molecular complexity index is 1080. The maximum absolute atomic E-state index is 12.1. The van der Waals surface area contributed by atoms with Gasteiger partial charge >= 0.3 is 5.97 Å². The van der Waals surface area contributed by atoms with Crippen LogP contribution in [0.25, 0.3) is 17.2 Å². The summed E-state index contributed by atoms with van der Waals surface area (Å²) in [5.41, 5.74) is 4.38. The van der Waals surface area contributed by atoms with E-state index in [1.165, 1.54) is 18.1 Å². The van der Waals surface area contributed by atoms with Crippen LogP contribution in [-0.2, 0) is 20.7 Å². The van der Waals surface area contributed by atoms with Gasteiger partial charge in [0.1, 0.15) is 11.5 Å². The molecule has 5 nitrogen and oxygen atoms in total. The predicted molar refractivity (Wildman–Crippen MR) is 137 cm³/mol. The molecule has 0 aromatic heterocycles. The van der Waals surface area contributed by atoms with Gasteiger partial charge in [-0.1, -0.05) is 48.5 Å². The van der Waals surface area contributed by atoms with E-state index in [9.17, 15) is 4.79 Å². The van der Waals surface area contributed by atoms with Crippen molar-refractivity contribution in [3.05, 3.63) is 90.0 Å². The molecule has 1 fully saturated rings. The van der Waals surface area contributed by atoms with Crippen LogP contribution in [-0.4, -0.2) is 32.6 Å². The van der Waals surface area contributed by atoms with Gasteiger partial charge in [0, 0.05) is 12.7 Å². The molecule has 4 rings (SSSR count). The molecule has 0 spiro atoms. The fourth-order valence-electron chi connectivity index (χ4n) is 3.94. The molecule has 0 aliphatic carbocycles. The van der Waals surface area contributed by atoms with Crippen LogP contribution in [0, 0.1) is 0 Å². The number of carbonyl (C=O) groups is 1. The summed E-state index contributed by atoms with van der Waals surface area (Å²) in [5.74, 6) is 0.864. The molecule has 0 N–H and O–H groups in total. The normalized spacial score (nSPS) is 15.7. The number of carbonyl (C=O) groups excluding carboxylic acids is 1. The highest BCUT2D eigenvalue weighted by molar-refractivity contribution is 5.88. The second-order valence-corrected chi connectivity index (χ2v) is 8.52. The third-order valence-electron chi connectivity index (χ3n) is 5.94. The van der Waals surface area contributed by atoms with E-state index >= 15 is 0 Å². The number of hydrogen-bond acceptors (Lipinski definition) is 5. The largest absolute Gasteiger partial charge is 0.497 e. The lowest BCUT2D eigenvalue weighted by Gasteiger charge is -2.22. The Balaban J connectivity index is 1.23. The Hall–Kier alpha value is -3.41. The number of esters is 1. The van der Waals surface area contributed by atoms with Crippen molar-refractivity contribution in [2.45, 2.75) is 38.4 Å². The van der Waals surface area contributed by atoms with E-state index in [2.05, 4.69) is 24.3 Å². The monoisotopic (exact) mass is 472 g/mol. The van der Waals surface area contributed by atoms with Crippen molar-refractivity contribution in [2.75, 3.05) is 20.3 Å². The highest BCUT2D eigenvalue weighted by Crippen LogP contribution is 2.24. The first-order chi connectivity index (χ1) is 17.2. The van der Waals surface area contributed by atoms with Crippen molar-refractivity contribution in [3.63, 3.8) is 0 Å². The molecule has 5 heteroatoms. The lowest BCUT2D eigenvalue weighted by Crippen LogP contribution is -2.22. The van der Waals surface area contributed by atoms with Gasteiger partial charge in [0.2, 0.25) is 0 Å². The second-order valence-electron chi connectivity index (χ2n) is 8.52. The summed E-state index contributed by atoms with van der Waals surface area (Å²) in [6.45, 7) is 1.54. The first kappa shape index (κ1) is 24.7. The molecular formula is C30H32O5. The standard InChI is InChI=1S/C30H32O5/c1-32-27-16-9-24(10-17-27)11-20-29(31)35-28-18-14-26(15-19-28)25-12-7-23(8-13-25)5-4-22-34-30-6-2-3-21-33-30/h7-20,30H,2-6,21-22H2,1H3/b20-11+. The Labute approximate surface area is 207 Å². The first-order valence-corrected chi connectivity index (χ1v) is 12.2. The highest BCUT2D eigenvalue weighted by Gasteiger charge is 2.13. The minimum atomic E-state index is -0.419. The van der Waals surface area contributed by atoms with E-state index in [1.807, 2.05) is 48.5 Å². The molecule has 3 aromatic carbocycles. The van der Waals surface area contributed by atoms with E-state index in [0.29, 0.717) is 5.75 Å². The van der Waals surface area contributed by atoms with Crippen LogP contribution in [0.3, 0.4) is 0 Å². The third-order valence-corrected chi connectivity index (χ3v) is 5.94. The highest BCUT2D eigenvalue weighted by atomic mass is 16.7. The van der Waals surface area contributed by atoms with E-state index in [1.54, 1.807) is 13.2 Å². The second kappa shape index (κ2) is 12.9. The number of methoxy groups -OCH3 is 1. The molecular weight excluding hydrogens is 440 g/mol. The van der Waals surface area contributed by atoms with Crippen LogP contribution < -0.4 is 9.47 Å². The minimum Gasteiger partial charge on any atom is -0.497 e. The molecule has 3 aromatic rings. The van der Waals surface area contributed by atoms with Gasteiger partial charge in [0.25, 0.3) is 0 Å². The van der Waals surface area contributed by atoms with Crippen LogP contribution in [0.2, 0.25) is 0 Å². The van der Waals surface area contributed by atoms with Crippen LogP contribution in [0.1, 0.15) is 36.8 Å². The van der Waals surface area contributed by atoms with E-state index in [4.69, 9.17) is 18.9 Å². The van der Waals surface area contributed by atoms with Crippen LogP contribution in [0.15, 0.2) is 78.9 Å². The molecule has 0 amide bonds. The Morgan fingerprint density at radius 2 is 1.60 bits per heavy atom. The summed E-state index contributed by atoms with van der Waals surface area (Å²) in [7, 11) is 1.62. The molecule has 0 radical (unpaired) electrons. The zero-order chi connectivity index (χ0) is 24.3. The van der Waals surface area contributed by atoms with Gasteiger partial charge in [-0.05, 0) is 84.7 Å². The Kier molecular flexibility index (Phi) is 9.10. The van der Waals surface area contributed by atoms with Crippen LogP contribution >= 0.6 is 0 Å². The van der Waals surface area contributed by atoms with Crippen molar-refractivity contribution in [2.24, 2.45) is 0 Å². The van der Waals surface area contributed by atoms with Crippen molar-refractivity contribution in [1.29, 1.82) is 0 Å². The van der Waals surface area contributed by atoms with Crippen LogP contribution in [0.4, 0.5) is 0 Å². The summed E-state index contributed by atoms with van der Waals surface area (Å²) in [4.78, 5) is 12.1. The van der Waals surface area contributed by atoms with Gasteiger partial charge in [0.05, 0.1) is 13.7 Å². The van der Waals surface area contributed by atoms with Crippen molar-refractivity contribution in [1.82, 2.24) is 0 Å². The SMILES string of the molecule is COc1ccc(/C=C/C(=O)Oc2ccc(-c3ccc(CCCOC4CCCCO4)cc3)cc2)cc1. The molecule has 1 unspecified atom stereocenters. The first-order valence-electron chi connectivity index (χ1n) is 12.2. The zero-order valence-electron chi connectivity index (χ0n) is 20.2. The maximum atomic E-state index is 12.1. The van der Waals surface area contributed by atoms with Gasteiger partial charge < -0.3 is 18.9 Å². The quantitative estimate of drug-likeness (QED) is 0.147. The zero-order valence-corrected chi connectivity index (χ0v) is 20.2. The van der Waals surface area contributed by atoms with Crippen molar-refractivity contribution in [3.8, 4) is 22.6 Å². The molecule has 1 saturated heterocycles. The number of ether oxygens (including phenoxy) is 4. The van der Waals surface area contributed by atoms with E-state index in [0.717, 1.165) is 61.3 Å². The van der Waals surface area contributed by atoms with Gasteiger partial charge in [-0.3, -0.25) is 0 Å². The number of aryl methyl sites for hydroxylation is 1. The molecule has 1 atom stereocenters. The summed E-state index contributed by atoms with van der Waals surface area (Å²) in [6.07, 6.45) is 8.42. The molecule has 182 valence electrons. The van der Waals surface area contributed by atoms with E-state index < -0.39 is 5.97 Å². The number of hydrogen-bond donors (Lipinski definition) is 0. The summed E-state index contributed by atoms with van der Waals surface area (Å²) in [5, 5.41) is 0. The lowest BCUT2D eigenvalue weighted by molar-refractivity contribution is -0.162. The third kappa shape index (κ3) is 7.81. The average Bonchev–Trinajstić information content (AvgIpc) is 2.92.